The molecule has 1 atom stereocenters. The highest BCUT2D eigenvalue weighted by atomic mass is 79.9. The van der Waals surface area contributed by atoms with E-state index in [9.17, 15) is 4.39 Å². The van der Waals surface area contributed by atoms with E-state index in [2.05, 4.69) is 20.9 Å². The van der Waals surface area contributed by atoms with E-state index in [1.165, 1.54) is 12.5 Å². The number of halogens is 2. The minimum atomic E-state index is -0.257. The molecule has 1 aromatic heterocycles. The summed E-state index contributed by atoms with van der Waals surface area (Å²) >= 11 is 3.22. The van der Waals surface area contributed by atoms with Gasteiger partial charge in [0.1, 0.15) is 0 Å². The van der Waals surface area contributed by atoms with Gasteiger partial charge in [-0.1, -0.05) is 0 Å². The molecule has 1 fully saturated rings. The molecule has 1 aromatic rings. The molecule has 1 unspecified atom stereocenters. The molecule has 0 aromatic carbocycles. The number of pyridine rings is 1. The van der Waals surface area contributed by atoms with Crippen LogP contribution in [0.3, 0.4) is 0 Å². The summed E-state index contributed by atoms with van der Waals surface area (Å²) in [5.41, 5.74) is 5.58. The fourth-order valence-electron chi connectivity index (χ4n) is 2.37. The number of rotatable bonds is 3. The maximum absolute atomic E-state index is 13.8. The summed E-state index contributed by atoms with van der Waals surface area (Å²) in [5.74, 6) is 0.779. The van der Waals surface area contributed by atoms with E-state index in [1.807, 2.05) is 4.90 Å². The molecular formula is C12H17BrFN3. The smallest absolute Gasteiger partial charge is 0.166 e. The first kappa shape index (κ1) is 12.8. The lowest BCUT2D eigenvalue weighted by molar-refractivity contribution is 0.391. The van der Waals surface area contributed by atoms with Crippen molar-refractivity contribution in [2.45, 2.75) is 19.3 Å². The topological polar surface area (TPSA) is 42.1 Å². The van der Waals surface area contributed by atoms with Crippen LogP contribution in [-0.4, -0.2) is 24.6 Å². The van der Waals surface area contributed by atoms with Crippen LogP contribution in [0.4, 0.5) is 10.2 Å². The van der Waals surface area contributed by atoms with Crippen LogP contribution in [0.2, 0.25) is 0 Å². The van der Waals surface area contributed by atoms with Gasteiger partial charge in [-0.2, -0.15) is 0 Å². The van der Waals surface area contributed by atoms with Gasteiger partial charge in [-0.05, 0) is 53.7 Å². The van der Waals surface area contributed by atoms with Crippen molar-refractivity contribution in [3.05, 3.63) is 22.6 Å². The van der Waals surface area contributed by atoms with E-state index in [-0.39, 0.29) is 5.82 Å². The fourth-order valence-corrected chi connectivity index (χ4v) is 2.67. The summed E-state index contributed by atoms with van der Waals surface area (Å²) < 4.78 is 14.5. The Balaban J connectivity index is 2.10. The number of nitrogens with two attached hydrogens (primary N) is 1. The third-order valence-electron chi connectivity index (χ3n) is 3.18. The Labute approximate surface area is 109 Å². The first-order chi connectivity index (χ1) is 8.20. The van der Waals surface area contributed by atoms with E-state index in [0.717, 1.165) is 25.9 Å². The Kier molecular flexibility index (Phi) is 4.34. The van der Waals surface area contributed by atoms with Crippen LogP contribution in [0.5, 0.6) is 0 Å². The molecule has 0 radical (unpaired) electrons. The Morgan fingerprint density at radius 2 is 2.41 bits per heavy atom. The third kappa shape index (κ3) is 3.16. The van der Waals surface area contributed by atoms with Gasteiger partial charge in [0, 0.05) is 23.8 Å². The van der Waals surface area contributed by atoms with E-state index in [1.54, 1.807) is 6.20 Å². The zero-order valence-electron chi connectivity index (χ0n) is 9.70. The molecule has 5 heteroatoms. The van der Waals surface area contributed by atoms with Crippen LogP contribution in [0.25, 0.3) is 0 Å². The molecule has 0 amide bonds. The van der Waals surface area contributed by atoms with Crippen LogP contribution >= 0.6 is 15.9 Å². The van der Waals surface area contributed by atoms with Crippen molar-refractivity contribution in [1.82, 2.24) is 4.98 Å². The van der Waals surface area contributed by atoms with Gasteiger partial charge in [0.2, 0.25) is 0 Å². The quantitative estimate of drug-likeness (QED) is 0.933. The van der Waals surface area contributed by atoms with Gasteiger partial charge in [0.25, 0.3) is 0 Å². The second kappa shape index (κ2) is 5.78. The summed E-state index contributed by atoms with van der Waals surface area (Å²) in [6.07, 6.45) is 4.92. The highest BCUT2D eigenvalue weighted by molar-refractivity contribution is 9.10. The lowest BCUT2D eigenvalue weighted by Gasteiger charge is -2.33. The Hall–Kier alpha value is -0.680. The van der Waals surface area contributed by atoms with Crippen molar-refractivity contribution < 1.29 is 4.39 Å². The molecule has 17 heavy (non-hydrogen) atoms. The van der Waals surface area contributed by atoms with E-state index in [0.29, 0.717) is 22.8 Å². The van der Waals surface area contributed by atoms with Gasteiger partial charge in [0.15, 0.2) is 11.6 Å². The number of aromatic nitrogens is 1. The molecule has 1 aliphatic rings. The zero-order valence-corrected chi connectivity index (χ0v) is 11.3. The molecular weight excluding hydrogens is 285 g/mol. The van der Waals surface area contributed by atoms with Gasteiger partial charge < -0.3 is 10.6 Å². The zero-order chi connectivity index (χ0) is 12.3. The van der Waals surface area contributed by atoms with Crippen molar-refractivity contribution >= 4 is 21.7 Å². The number of nitrogens with zero attached hydrogens (tertiary/aromatic N) is 2. The first-order valence-electron chi connectivity index (χ1n) is 5.96. The number of hydrogen-bond donors (Lipinski definition) is 1. The molecule has 0 bridgehead atoms. The lowest BCUT2D eigenvalue weighted by atomic mass is 9.95. The molecule has 94 valence electrons. The van der Waals surface area contributed by atoms with Crippen LogP contribution < -0.4 is 10.6 Å². The highest BCUT2D eigenvalue weighted by Crippen LogP contribution is 2.26. The first-order valence-corrected chi connectivity index (χ1v) is 6.76. The summed E-state index contributed by atoms with van der Waals surface area (Å²) in [4.78, 5) is 6.20. The molecule has 2 N–H and O–H groups in total. The van der Waals surface area contributed by atoms with Crippen LogP contribution in [-0.2, 0) is 0 Å². The van der Waals surface area contributed by atoms with Gasteiger partial charge in [-0.3, -0.25) is 0 Å². The normalized spacial score (nSPS) is 20.6. The molecule has 0 saturated carbocycles. The van der Waals surface area contributed by atoms with Crippen LogP contribution in [0.15, 0.2) is 16.7 Å². The van der Waals surface area contributed by atoms with Crippen molar-refractivity contribution in [1.29, 1.82) is 0 Å². The van der Waals surface area contributed by atoms with E-state index < -0.39 is 0 Å². The Morgan fingerprint density at radius 3 is 3.12 bits per heavy atom. The molecule has 1 saturated heterocycles. The molecule has 0 spiro atoms. The van der Waals surface area contributed by atoms with Crippen molar-refractivity contribution in [2.75, 3.05) is 24.5 Å². The SMILES string of the molecule is NCCC1CCCN(c2ncc(Br)cc2F)C1. The van der Waals surface area contributed by atoms with Crippen molar-refractivity contribution in [2.24, 2.45) is 11.7 Å². The largest absolute Gasteiger partial charge is 0.354 e. The lowest BCUT2D eigenvalue weighted by Crippen LogP contribution is -2.37. The molecule has 2 heterocycles. The van der Waals surface area contributed by atoms with E-state index >= 15 is 0 Å². The number of hydrogen-bond acceptors (Lipinski definition) is 3. The second-order valence-corrected chi connectivity index (χ2v) is 5.41. The fraction of sp³-hybridized carbons (Fsp3) is 0.583. The molecule has 2 rings (SSSR count). The summed E-state index contributed by atoms with van der Waals surface area (Å²) in [7, 11) is 0. The molecule has 3 nitrogen and oxygen atoms in total. The van der Waals surface area contributed by atoms with E-state index in [4.69, 9.17) is 5.73 Å². The van der Waals surface area contributed by atoms with Gasteiger partial charge in [-0.25, -0.2) is 9.37 Å². The van der Waals surface area contributed by atoms with Crippen LogP contribution in [0, 0.1) is 11.7 Å². The number of piperidine rings is 1. The summed E-state index contributed by atoms with van der Waals surface area (Å²) in [6, 6.07) is 1.47. The summed E-state index contributed by atoms with van der Waals surface area (Å²) in [5, 5.41) is 0. The maximum atomic E-state index is 13.8. The second-order valence-electron chi connectivity index (χ2n) is 4.49. The highest BCUT2D eigenvalue weighted by Gasteiger charge is 2.22. The van der Waals surface area contributed by atoms with Gasteiger partial charge in [-0.15, -0.1) is 0 Å². The standard InChI is InChI=1S/C12H17BrFN3/c13-10-6-11(14)12(16-7-10)17-5-1-2-9(8-17)3-4-15/h6-7,9H,1-5,8,15H2. The number of anilines is 1. The average Bonchev–Trinajstić information content (AvgIpc) is 2.29. The predicted octanol–water partition coefficient (Wildman–Crippen LogP) is 2.55. The Bertz CT molecular complexity index is 384. The average molecular weight is 302 g/mol. The third-order valence-corrected chi connectivity index (χ3v) is 3.62. The maximum Gasteiger partial charge on any atom is 0.166 e. The van der Waals surface area contributed by atoms with Crippen molar-refractivity contribution in [3.8, 4) is 0 Å². The molecule has 0 aliphatic carbocycles. The van der Waals surface area contributed by atoms with Gasteiger partial charge >= 0.3 is 0 Å². The predicted molar refractivity (Wildman–Crippen MR) is 70.5 cm³/mol. The summed E-state index contributed by atoms with van der Waals surface area (Å²) in [6.45, 7) is 2.45. The molecule has 1 aliphatic heterocycles. The Morgan fingerprint density at radius 1 is 1.59 bits per heavy atom. The van der Waals surface area contributed by atoms with Crippen LogP contribution in [0.1, 0.15) is 19.3 Å². The minimum Gasteiger partial charge on any atom is -0.354 e. The van der Waals surface area contributed by atoms with Crippen molar-refractivity contribution in [3.63, 3.8) is 0 Å². The minimum absolute atomic E-state index is 0.257. The monoisotopic (exact) mass is 301 g/mol. The van der Waals surface area contributed by atoms with Gasteiger partial charge in [0.05, 0.1) is 0 Å².